The van der Waals surface area contributed by atoms with Gasteiger partial charge in [0, 0.05) is 32.3 Å². The van der Waals surface area contributed by atoms with Crippen LogP contribution in [0.15, 0.2) is 30.3 Å². The Kier molecular flexibility index (Phi) is 5.75. The van der Waals surface area contributed by atoms with Crippen LogP contribution in [0.5, 0.6) is 0 Å². The number of amides is 2. The summed E-state index contributed by atoms with van der Waals surface area (Å²) in [7, 11) is 1.53. The first-order valence-corrected chi connectivity index (χ1v) is 7.30. The molecule has 1 aromatic rings. The lowest BCUT2D eigenvalue weighted by Crippen LogP contribution is -2.42. The number of carbonyl (C=O) groups excluding carboxylic acids is 2. The maximum Gasteiger partial charge on any atom is 0.251 e. The van der Waals surface area contributed by atoms with E-state index in [9.17, 15) is 9.59 Å². The highest BCUT2D eigenvalue weighted by atomic mass is 16.5. The van der Waals surface area contributed by atoms with Crippen molar-refractivity contribution in [3.05, 3.63) is 35.9 Å². The van der Waals surface area contributed by atoms with Crippen molar-refractivity contribution in [2.45, 2.75) is 12.8 Å². The smallest absolute Gasteiger partial charge is 0.251 e. The van der Waals surface area contributed by atoms with Crippen LogP contribution in [0.4, 0.5) is 0 Å². The molecular weight excluding hydrogens is 268 g/mol. The van der Waals surface area contributed by atoms with Gasteiger partial charge >= 0.3 is 0 Å². The maximum atomic E-state index is 12.0. The molecule has 5 heteroatoms. The van der Waals surface area contributed by atoms with E-state index in [-0.39, 0.29) is 18.4 Å². The Morgan fingerprint density at radius 1 is 1.24 bits per heavy atom. The van der Waals surface area contributed by atoms with Gasteiger partial charge in [0.15, 0.2) is 0 Å². The molecule has 0 unspecified atom stereocenters. The molecule has 0 saturated carbocycles. The molecule has 2 amide bonds. The van der Waals surface area contributed by atoms with Crippen molar-refractivity contribution in [3.63, 3.8) is 0 Å². The highest BCUT2D eigenvalue weighted by molar-refractivity contribution is 5.94. The summed E-state index contributed by atoms with van der Waals surface area (Å²) in [5.74, 6) is 0.446. The quantitative estimate of drug-likeness (QED) is 0.889. The van der Waals surface area contributed by atoms with Crippen LogP contribution in [0.2, 0.25) is 0 Å². The van der Waals surface area contributed by atoms with Crippen LogP contribution in [0.1, 0.15) is 23.2 Å². The summed E-state index contributed by atoms with van der Waals surface area (Å²) >= 11 is 0. The van der Waals surface area contributed by atoms with E-state index in [4.69, 9.17) is 4.74 Å². The number of carbonyl (C=O) groups is 2. The molecule has 0 aliphatic carbocycles. The molecule has 1 saturated heterocycles. The number of nitrogens with zero attached hydrogens (tertiary/aromatic N) is 1. The summed E-state index contributed by atoms with van der Waals surface area (Å²) in [6, 6.07) is 9.22. The van der Waals surface area contributed by atoms with Gasteiger partial charge in [-0.3, -0.25) is 9.59 Å². The summed E-state index contributed by atoms with van der Waals surface area (Å²) in [6.45, 7) is 2.30. The molecule has 114 valence electrons. The topological polar surface area (TPSA) is 58.6 Å². The van der Waals surface area contributed by atoms with Crippen molar-refractivity contribution in [1.29, 1.82) is 0 Å². The van der Waals surface area contributed by atoms with Gasteiger partial charge in [0.2, 0.25) is 5.91 Å². The van der Waals surface area contributed by atoms with Crippen molar-refractivity contribution >= 4 is 11.8 Å². The molecule has 0 radical (unpaired) electrons. The van der Waals surface area contributed by atoms with E-state index >= 15 is 0 Å². The second-order valence-electron chi connectivity index (χ2n) is 5.33. The molecule has 0 aromatic heterocycles. The lowest BCUT2D eigenvalue weighted by molar-refractivity contribution is -0.136. The van der Waals surface area contributed by atoms with Crippen molar-refractivity contribution in [2.75, 3.05) is 33.4 Å². The van der Waals surface area contributed by atoms with E-state index in [0.717, 1.165) is 25.9 Å². The molecule has 21 heavy (non-hydrogen) atoms. The van der Waals surface area contributed by atoms with E-state index in [1.54, 1.807) is 12.1 Å². The summed E-state index contributed by atoms with van der Waals surface area (Å²) in [5, 5.41) is 2.97. The lowest BCUT2D eigenvalue weighted by atomic mass is 9.96. The standard InChI is InChI=1S/C16H22N2O3/c1-21-12-15(19)18-9-7-13(8-10-18)11-17-16(20)14-5-3-2-4-6-14/h2-6,13H,7-12H2,1H3,(H,17,20). The van der Waals surface area contributed by atoms with Gasteiger partial charge in [-0.25, -0.2) is 0 Å². The van der Waals surface area contributed by atoms with Crippen molar-refractivity contribution in [1.82, 2.24) is 10.2 Å². The SMILES string of the molecule is COCC(=O)N1CCC(CNC(=O)c2ccccc2)CC1. The van der Waals surface area contributed by atoms with Gasteiger partial charge in [0.25, 0.3) is 5.91 Å². The number of nitrogens with one attached hydrogen (secondary N) is 1. The van der Waals surface area contributed by atoms with Gasteiger partial charge < -0.3 is 15.0 Å². The number of likely N-dealkylation sites (tertiary alicyclic amines) is 1. The van der Waals surface area contributed by atoms with Gasteiger partial charge in [-0.05, 0) is 30.9 Å². The van der Waals surface area contributed by atoms with E-state index in [0.29, 0.717) is 18.0 Å². The summed E-state index contributed by atoms with van der Waals surface area (Å²) in [4.78, 5) is 25.5. The molecule has 1 aromatic carbocycles. The van der Waals surface area contributed by atoms with Gasteiger partial charge in [-0.2, -0.15) is 0 Å². The second kappa shape index (κ2) is 7.78. The largest absolute Gasteiger partial charge is 0.375 e. The number of ether oxygens (including phenoxy) is 1. The van der Waals surface area contributed by atoms with Gasteiger partial charge in [-0.15, -0.1) is 0 Å². The molecule has 1 aliphatic rings. The number of methoxy groups -OCH3 is 1. The third-order valence-electron chi connectivity index (χ3n) is 3.82. The molecule has 0 spiro atoms. The maximum absolute atomic E-state index is 12.0. The van der Waals surface area contributed by atoms with Crippen LogP contribution in [0.3, 0.4) is 0 Å². The average molecular weight is 290 g/mol. The fourth-order valence-electron chi connectivity index (χ4n) is 2.53. The van der Waals surface area contributed by atoms with Gasteiger partial charge in [-0.1, -0.05) is 18.2 Å². The summed E-state index contributed by atoms with van der Waals surface area (Å²) < 4.78 is 4.86. The van der Waals surface area contributed by atoms with Crippen molar-refractivity contribution < 1.29 is 14.3 Å². The zero-order valence-electron chi connectivity index (χ0n) is 12.4. The minimum atomic E-state index is -0.0338. The minimum Gasteiger partial charge on any atom is -0.375 e. The van der Waals surface area contributed by atoms with Gasteiger partial charge in [0.05, 0.1) is 0 Å². The number of hydrogen-bond acceptors (Lipinski definition) is 3. The predicted molar refractivity (Wildman–Crippen MR) is 80.0 cm³/mol. The minimum absolute atomic E-state index is 0.0338. The van der Waals surface area contributed by atoms with Crippen molar-refractivity contribution in [3.8, 4) is 0 Å². The van der Waals surface area contributed by atoms with Crippen molar-refractivity contribution in [2.24, 2.45) is 5.92 Å². The first-order valence-electron chi connectivity index (χ1n) is 7.30. The molecule has 1 N–H and O–H groups in total. The van der Waals surface area contributed by atoms with E-state index in [1.165, 1.54) is 7.11 Å². The fourth-order valence-corrected chi connectivity index (χ4v) is 2.53. The van der Waals surface area contributed by atoms with Crippen LogP contribution >= 0.6 is 0 Å². The Labute approximate surface area is 125 Å². The highest BCUT2D eigenvalue weighted by Crippen LogP contribution is 2.16. The van der Waals surface area contributed by atoms with E-state index in [2.05, 4.69) is 5.32 Å². The number of piperidine rings is 1. The molecule has 1 heterocycles. The molecule has 1 aliphatic heterocycles. The predicted octanol–water partition coefficient (Wildman–Crippen LogP) is 1.30. The zero-order chi connectivity index (χ0) is 15.1. The van der Waals surface area contributed by atoms with E-state index in [1.807, 2.05) is 23.1 Å². The van der Waals surface area contributed by atoms with Crippen LogP contribution < -0.4 is 5.32 Å². The van der Waals surface area contributed by atoms with Crippen LogP contribution in [-0.2, 0) is 9.53 Å². The number of hydrogen-bond donors (Lipinski definition) is 1. The Balaban J connectivity index is 1.72. The number of benzene rings is 1. The second-order valence-corrected chi connectivity index (χ2v) is 5.33. The molecule has 0 bridgehead atoms. The summed E-state index contributed by atoms with van der Waals surface area (Å²) in [5.41, 5.74) is 0.685. The molecule has 2 rings (SSSR count). The third-order valence-corrected chi connectivity index (χ3v) is 3.82. The normalized spacial score (nSPS) is 15.8. The molecular formula is C16H22N2O3. The van der Waals surface area contributed by atoms with Gasteiger partial charge in [0.1, 0.15) is 6.61 Å². The fraction of sp³-hybridized carbons (Fsp3) is 0.500. The third kappa shape index (κ3) is 4.56. The highest BCUT2D eigenvalue weighted by Gasteiger charge is 2.22. The molecule has 0 atom stereocenters. The molecule has 1 fully saturated rings. The number of rotatable bonds is 5. The Morgan fingerprint density at radius 2 is 1.90 bits per heavy atom. The van der Waals surface area contributed by atoms with Crippen LogP contribution in [-0.4, -0.2) is 50.1 Å². The Morgan fingerprint density at radius 3 is 2.52 bits per heavy atom. The van der Waals surface area contributed by atoms with Crippen LogP contribution in [0, 0.1) is 5.92 Å². The Bertz CT molecular complexity index is 468. The first kappa shape index (κ1) is 15.5. The van der Waals surface area contributed by atoms with Crippen LogP contribution in [0.25, 0.3) is 0 Å². The average Bonchev–Trinajstić information content (AvgIpc) is 2.54. The van der Waals surface area contributed by atoms with E-state index < -0.39 is 0 Å². The summed E-state index contributed by atoms with van der Waals surface area (Å²) in [6.07, 6.45) is 1.84. The zero-order valence-corrected chi connectivity index (χ0v) is 12.4. The Hall–Kier alpha value is -1.88. The lowest BCUT2D eigenvalue weighted by Gasteiger charge is -2.32. The monoisotopic (exact) mass is 290 g/mol. The first-order chi connectivity index (χ1) is 10.2. The molecule has 5 nitrogen and oxygen atoms in total.